The first-order valence-electron chi connectivity index (χ1n) is 8.67. The summed E-state index contributed by atoms with van der Waals surface area (Å²) in [5.74, 6) is -0.468. The van der Waals surface area contributed by atoms with Crippen molar-refractivity contribution in [1.82, 2.24) is 0 Å². The Labute approximate surface area is 161 Å². The van der Waals surface area contributed by atoms with E-state index in [1.54, 1.807) is 19.1 Å². The summed E-state index contributed by atoms with van der Waals surface area (Å²) in [6.07, 6.45) is -3.11. The predicted octanol–water partition coefficient (Wildman–Crippen LogP) is 4.20. The highest BCUT2D eigenvalue weighted by molar-refractivity contribution is 7.92. The lowest BCUT2D eigenvalue weighted by Crippen LogP contribution is -2.38. The number of carbonyl (C=O) groups excluding carboxylic acids is 1. The van der Waals surface area contributed by atoms with Crippen LogP contribution in [0.15, 0.2) is 42.5 Å². The van der Waals surface area contributed by atoms with E-state index in [0.717, 1.165) is 24.1 Å². The summed E-state index contributed by atoms with van der Waals surface area (Å²) in [7, 11) is -3.42. The maximum Gasteiger partial charge on any atom is 0.416 e. The summed E-state index contributed by atoms with van der Waals surface area (Å²) in [6, 6.07) is 8.82. The third-order valence-electron chi connectivity index (χ3n) is 4.56. The first-order chi connectivity index (χ1) is 13.1. The predicted molar refractivity (Wildman–Crippen MR) is 101 cm³/mol. The van der Waals surface area contributed by atoms with E-state index in [4.69, 9.17) is 0 Å². The van der Waals surface area contributed by atoms with Gasteiger partial charge in [-0.3, -0.25) is 9.10 Å². The van der Waals surface area contributed by atoms with Gasteiger partial charge in [-0.25, -0.2) is 8.42 Å². The van der Waals surface area contributed by atoms with E-state index in [9.17, 15) is 26.4 Å². The Morgan fingerprint density at radius 3 is 2.36 bits per heavy atom. The first kappa shape index (κ1) is 20.2. The topological polar surface area (TPSA) is 66.5 Å². The molecular formula is C19H19F3N2O3S. The number of sulfonamides is 1. The number of halogens is 3. The number of amides is 1. The standard InChI is InChI=1S/C19H19F3N2O3S/c1-13-4-5-14(12-17(13)24-10-2-3-11-28(24,26)27)18(25)23-16-8-6-15(7-9-16)19(20,21)22/h4-9,12H,2-3,10-11H2,1H3,(H,23,25). The second-order valence-electron chi connectivity index (χ2n) is 6.63. The molecule has 0 aliphatic carbocycles. The molecule has 0 bridgehead atoms. The molecule has 0 radical (unpaired) electrons. The molecule has 2 aromatic carbocycles. The van der Waals surface area contributed by atoms with Crippen LogP contribution in [-0.2, 0) is 16.2 Å². The highest BCUT2D eigenvalue weighted by Gasteiger charge is 2.30. The SMILES string of the molecule is Cc1ccc(C(=O)Nc2ccc(C(F)(F)F)cc2)cc1N1CCCCS1(=O)=O. The Hall–Kier alpha value is -2.55. The molecule has 0 spiro atoms. The summed E-state index contributed by atoms with van der Waals surface area (Å²) < 4.78 is 63.9. The molecule has 1 heterocycles. The fourth-order valence-corrected chi connectivity index (χ4v) is 4.72. The quantitative estimate of drug-likeness (QED) is 0.822. The van der Waals surface area contributed by atoms with Crippen molar-refractivity contribution in [3.8, 4) is 0 Å². The lowest BCUT2D eigenvalue weighted by Gasteiger charge is -2.29. The Balaban J connectivity index is 1.83. The van der Waals surface area contributed by atoms with E-state index in [1.165, 1.54) is 22.5 Å². The van der Waals surface area contributed by atoms with E-state index < -0.39 is 27.7 Å². The molecule has 3 rings (SSSR count). The van der Waals surface area contributed by atoms with Gasteiger partial charge in [0.25, 0.3) is 5.91 Å². The smallest absolute Gasteiger partial charge is 0.322 e. The Bertz CT molecular complexity index is 986. The number of nitrogens with zero attached hydrogens (tertiary/aromatic N) is 1. The van der Waals surface area contributed by atoms with E-state index in [-0.39, 0.29) is 17.0 Å². The Kier molecular flexibility index (Phi) is 5.38. The molecular weight excluding hydrogens is 393 g/mol. The van der Waals surface area contributed by atoms with Gasteiger partial charge in [0.1, 0.15) is 0 Å². The summed E-state index contributed by atoms with van der Waals surface area (Å²) >= 11 is 0. The normalized spacial score (nSPS) is 16.6. The average molecular weight is 412 g/mol. The van der Waals surface area contributed by atoms with Crippen molar-refractivity contribution >= 4 is 27.3 Å². The Morgan fingerprint density at radius 1 is 1.07 bits per heavy atom. The molecule has 1 aliphatic rings. The molecule has 5 nitrogen and oxygen atoms in total. The van der Waals surface area contributed by atoms with Crippen molar-refractivity contribution in [3.05, 3.63) is 59.2 Å². The van der Waals surface area contributed by atoms with Crippen LogP contribution in [0.3, 0.4) is 0 Å². The van der Waals surface area contributed by atoms with Gasteiger partial charge >= 0.3 is 6.18 Å². The highest BCUT2D eigenvalue weighted by atomic mass is 32.2. The van der Waals surface area contributed by atoms with Gasteiger partial charge in [0.2, 0.25) is 10.0 Å². The zero-order chi connectivity index (χ0) is 20.5. The lowest BCUT2D eigenvalue weighted by molar-refractivity contribution is -0.137. The minimum Gasteiger partial charge on any atom is -0.322 e. The molecule has 28 heavy (non-hydrogen) atoms. The number of aryl methyl sites for hydroxylation is 1. The Morgan fingerprint density at radius 2 is 1.75 bits per heavy atom. The largest absolute Gasteiger partial charge is 0.416 e. The highest BCUT2D eigenvalue weighted by Crippen LogP contribution is 2.30. The molecule has 0 atom stereocenters. The zero-order valence-electron chi connectivity index (χ0n) is 15.1. The molecule has 1 saturated heterocycles. The van der Waals surface area contributed by atoms with Gasteiger partial charge in [0.15, 0.2) is 0 Å². The van der Waals surface area contributed by atoms with Crippen molar-refractivity contribution in [2.75, 3.05) is 21.9 Å². The number of rotatable bonds is 3. The van der Waals surface area contributed by atoms with E-state index >= 15 is 0 Å². The van der Waals surface area contributed by atoms with Crippen LogP contribution in [0.5, 0.6) is 0 Å². The van der Waals surface area contributed by atoms with Gasteiger partial charge in [0.05, 0.1) is 17.0 Å². The molecule has 1 aliphatic heterocycles. The second-order valence-corrected chi connectivity index (χ2v) is 8.64. The molecule has 1 fully saturated rings. The van der Waals surface area contributed by atoms with Gasteiger partial charge in [-0.15, -0.1) is 0 Å². The molecule has 2 aromatic rings. The van der Waals surface area contributed by atoms with Crippen LogP contribution in [0.4, 0.5) is 24.5 Å². The fraction of sp³-hybridized carbons (Fsp3) is 0.316. The van der Waals surface area contributed by atoms with Crippen molar-refractivity contribution in [1.29, 1.82) is 0 Å². The maximum atomic E-state index is 12.6. The van der Waals surface area contributed by atoms with Crippen LogP contribution in [-0.4, -0.2) is 26.6 Å². The third kappa shape index (κ3) is 4.30. The number of hydrogen-bond donors (Lipinski definition) is 1. The summed E-state index contributed by atoms with van der Waals surface area (Å²) in [5.41, 5.74) is 0.793. The molecule has 9 heteroatoms. The number of hydrogen-bond acceptors (Lipinski definition) is 3. The van der Waals surface area contributed by atoms with Crippen molar-refractivity contribution in [2.45, 2.75) is 25.9 Å². The van der Waals surface area contributed by atoms with Gasteiger partial charge in [-0.05, 0) is 61.7 Å². The molecule has 0 aromatic heterocycles. The fourth-order valence-electron chi connectivity index (χ4n) is 3.02. The van der Waals surface area contributed by atoms with Crippen LogP contribution in [0, 0.1) is 6.92 Å². The lowest BCUT2D eigenvalue weighted by atomic mass is 10.1. The van der Waals surface area contributed by atoms with Gasteiger partial charge in [-0.1, -0.05) is 6.07 Å². The van der Waals surface area contributed by atoms with Crippen molar-refractivity contribution in [2.24, 2.45) is 0 Å². The minimum absolute atomic E-state index is 0.0639. The van der Waals surface area contributed by atoms with Gasteiger partial charge in [0, 0.05) is 17.8 Å². The number of benzene rings is 2. The number of anilines is 2. The van der Waals surface area contributed by atoms with Crippen molar-refractivity contribution in [3.63, 3.8) is 0 Å². The first-order valence-corrected chi connectivity index (χ1v) is 10.3. The number of alkyl halides is 3. The van der Waals surface area contributed by atoms with Crippen LogP contribution in [0.1, 0.15) is 34.3 Å². The maximum absolute atomic E-state index is 12.6. The zero-order valence-corrected chi connectivity index (χ0v) is 15.9. The van der Waals surface area contributed by atoms with Crippen LogP contribution in [0.2, 0.25) is 0 Å². The molecule has 1 N–H and O–H groups in total. The summed E-state index contributed by atoms with van der Waals surface area (Å²) in [5, 5.41) is 2.53. The third-order valence-corrected chi connectivity index (χ3v) is 6.41. The monoisotopic (exact) mass is 412 g/mol. The average Bonchev–Trinajstić information content (AvgIpc) is 2.62. The summed E-state index contributed by atoms with van der Waals surface area (Å²) in [6.45, 7) is 2.12. The van der Waals surface area contributed by atoms with Gasteiger partial charge < -0.3 is 5.32 Å². The van der Waals surface area contributed by atoms with Gasteiger partial charge in [-0.2, -0.15) is 13.2 Å². The molecule has 1 amide bonds. The second kappa shape index (κ2) is 7.46. The number of carbonyl (C=O) groups is 1. The van der Waals surface area contributed by atoms with Crippen LogP contribution < -0.4 is 9.62 Å². The van der Waals surface area contributed by atoms with E-state index in [0.29, 0.717) is 18.7 Å². The van der Waals surface area contributed by atoms with Crippen LogP contribution >= 0.6 is 0 Å². The minimum atomic E-state index is -4.45. The van der Waals surface area contributed by atoms with Crippen LogP contribution in [0.25, 0.3) is 0 Å². The number of nitrogens with one attached hydrogen (secondary N) is 1. The molecule has 0 saturated carbocycles. The molecule has 0 unspecified atom stereocenters. The van der Waals surface area contributed by atoms with E-state index in [2.05, 4.69) is 5.32 Å². The van der Waals surface area contributed by atoms with E-state index in [1.807, 2.05) is 0 Å². The summed E-state index contributed by atoms with van der Waals surface area (Å²) in [4.78, 5) is 12.5. The molecule has 150 valence electrons. The van der Waals surface area contributed by atoms with Crippen molar-refractivity contribution < 1.29 is 26.4 Å².